The molecule has 0 spiro atoms. The van der Waals surface area contributed by atoms with Crippen molar-refractivity contribution in [2.45, 2.75) is 43.9 Å². The Bertz CT molecular complexity index is 551. The topological polar surface area (TPSA) is 71.1 Å². The molecule has 0 amide bonds. The number of nitrogens with one attached hydrogen (secondary N) is 2. The molecule has 112 valence electrons. The predicted octanol–water partition coefficient (Wildman–Crippen LogP) is 2.37. The molecule has 1 aromatic heterocycles. The molecule has 5 nitrogen and oxygen atoms in total. The van der Waals surface area contributed by atoms with Gasteiger partial charge in [0.15, 0.2) is 0 Å². The van der Waals surface area contributed by atoms with Crippen LogP contribution < -0.4 is 10.0 Å². The quantitative estimate of drug-likeness (QED) is 0.875. The van der Waals surface area contributed by atoms with Gasteiger partial charge in [-0.25, -0.2) is 18.1 Å². The largest absolute Gasteiger partial charge is 0.372 e. The molecule has 0 aliphatic heterocycles. The second kappa shape index (κ2) is 6.10. The summed E-state index contributed by atoms with van der Waals surface area (Å²) in [6.45, 7) is 2.66. The van der Waals surface area contributed by atoms with E-state index >= 15 is 0 Å². The van der Waals surface area contributed by atoms with Crippen molar-refractivity contribution in [3.05, 3.63) is 18.3 Å². The minimum atomic E-state index is -3.52. The minimum Gasteiger partial charge on any atom is -0.372 e. The summed E-state index contributed by atoms with van der Waals surface area (Å²) in [5, 5.41) is 2.82. The van der Waals surface area contributed by atoms with Gasteiger partial charge in [-0.05, 0) is 30.4 Å². The van der Waals surface area contributed by atoms with Crippen LogP contribution in [-0.4, -0.2) is 27.0 Å². The molecule has 1 aromatic rings. The average Bonchev–Trinajstić information content (AvgIpc) is 2.46. The van der Waals surface area contributed by atoms with Crippen molar-refractivity contribution < 1.29 is 8.42 Å². The molecule has 1 aliphatic carbocycles. The molecule has 1 fully saturated rings. The fraction of sp³-hybridized carbons (Fsp3) is 0.643. The number of rotatable bonds is 5. The molecule has 0 unspecified atom stereocenters. The van der Waals surface area contributed by atoms with Gasteiger partial charge in [0.05, 0.1) is 0 Å². The number of anilines is 1. The zero-order chi connectivity index (χ0) is 14.6. The van der Waals surface area contributed by atoms with Crippen LogP contribution >= 0.6 is 0 Å². The van der Waals surface area contributed by atoms with Crippen LogP contribution in [0.1, 0.15) is 39.0 Å². The second-order valence-corrected chi connectivity index (χ2v) is 7.53. The molecule has 20 heavy (non-hydrogen) atoms. The molecule has 0 saturated heterocycles. The molecule has 2 rings (SSSR count). The third-order valence-electron chi connectivity index (χ3n) is 4.05. The number of sulfonamides is 1. The highest BCUT2D eigenvalue weighted by Crippen LogP contribution is 2.35. The maximum atomic E-state index is 12.4. The monoisotopic (exact) mass is 297 g/mol. The maximum absolute atomic E-state index is 12.4. The molecule has 0 radical (unpaired) electrons. The Hall–Kier alpha value is -1.14. The Morgan fingerprint density at radius 2 is 2.00 bits per heavy atom. The lowest BCUT2D eigenvalue weighted by molar-refractivity contribution is 0.219. The summed E-state index contributed by atoms with van der Waals surface area (Å²) in [5.74, 6) is 0.383. The number of nitrogens with zero attached hydrogens (tertiary/aromatic N) is 1. The van der Waals surface area contributed by atoms with E-state index in [9.17, 15) is 8.42 Å². The first kappa shape index (κ1) is 15.3. The highest BCUT2D eigenvalue weighted by atomic mass is 32.2. The zero-order valence-electron chi connectivity index (χ0n) is 12.1. The van der Waals surface area contributed by atoms with Crippen molar-refractivity contribution >= 4 is 15.8 Å². The molecule has 0 aromatic carbocycles. The van der Waals surface area contributed by atoms with E-state index in [1.165, 1.54) is 19.3 Å². The van der Waals surface area contributed by atoms with Crippen molar-refractivity contribution in [2.24, 2.45) is 5.41 Å². The van der Waals surface area contributed by atoms with Crippen LogP contribution in [0.25, 0.3) is 0 Å². The van der Waals surface area contributed by atoms with Gasteiger partial charge < -0.3 is 5.32 Å². The lowest BCUT2D eigenvalue weighted by atomic mass is 9.76. The smallest absolute Gasteiger partial charge is 0.244 e. The fourth-order valence-corrected chi connectivity index (χ4v) is 4.09. The molecular formula is C14H23N3O2S. The summed E-state index contributed by atoms with van der Waals surface area (Å²) < 4.78 is 27.6. The third kappa shape index (κ3) is 3.49. The molecule has 0 bridgehead atoms. The first-order valence-electron chi connectivity index (χ1n) is 7.09. The van der Waals surface area contributed by atoms with Crippen molar-refractivity contribution in [3.63, 3.8) is 0 Å². The Morgan fingerprint density at radius 1 is 1.30 bits per heavy atom. The van der Waals surface area contributed by atoms with Crippen LogP contribution in [0.4, 0.5) is 5.82 Å². The first-order chi connectivity index (χ1) is 9.47. The number of pyridine rings is 1. The summed E-state index contributed by atoms with van der Waals surface area (Å²) in [7, 11) is -1.85. The van der Waals surface area contributed by atoms with Gasteiger partial charge in [0, 0.05) is 19.8 Å². The minimum absolute atomic E-state index is 0.0767. The predicted molar refractivity (Wildman–Crippen MR) is 80.2 cm³/mol. The molecule has 1 aliphatic rings. The lowest BCUT2D eigenvalue weighted by Gasteiger charge is -2.33. The fourth-order valence-electron chi connectivity index (χ4n) is 2.72. The van der Waals surface area contributed by atoms with Crippen LogP contribution in [0, 0.1) is 5.41 Å². The normalized spacial score (nSPS) is 18.7. The van der Waals surface area contributed by atoms with Gasteiger partial charge in [-0.15, -0.1) is 0 Å². The van der Waals surface area contributed by atoms with E-state index in [2.05, 4.69) is 21.9 Å². The van der Waals surface area contributed by atoms with Gasteiger partial charge in [-0.3, -0.25) is 0 Å². The summed E-state index contributed by atoms with van der Waals surface area (Å²) in [6, 6.07) is 3.21. The summed E-state index contributed by atoms with van der Waals surface area (Å²) in [4.78, 5) is 4.26. The van der Waals surface area contributed by atoms with E-state index in [1.54, 1.807) is 25.4 Å². The standard InChI is InChI=1S/C14H23N3O2S/c1-14(8-4-3-5-9-14)11-17-20(18,19)12-7-6-10-16-13(12)15-2/h6-7,10,17H,3-5,8-9,11H2,1-2H3,(H,15,16). The zero-order valence-corrected chi connectivity index (χ0v) is 13.0. The van der Waals surface area contributed by atoms with E-state index in [-0.39, 0.29) is 10.3 Å². The molecule has 2 N–H and O–H groups in total. The number of hydrogen-bond donors (Lipinski definition) is 2. The van der Waals surface area contributed by atoms with Gasteiger partial charge in [0.1, 0.15) is 10.7 Å². The first-order valence-corrected chi connectivity index (χ1v) is 8.58. The highest BCUT2D eigenvalue weighted by Gasteiger charge is 2.29. The maximum Gasteiger partial charge on any atom is 0.244 e. The van der Waals surface area contributed by atoms with E-state index in [0.29, 0.717) is 12.4 Å². The molecular weight excluding hydrogens is 274 g/mol. The summed E-state index contributed by atoms with van der Waals surface area (Å²) in [6.07, 6.45) is 7.38. The van der Waals surface area contributed by atoms with E-state index in [0.717, 1.165) is 12.8 Å². The molecule has 1 heterocycles. The van der Waals surface area contributed by atoms with E-state index < -0.39 is 10.0 Å². The van der Waals surface area contributed by atoms with Crippen molar-refractivity contribution in [2.75, 3.05) is 18.9 Å². The molecule has 1 saturated carbocycles. The molecule has 6 heteroatoms. The van der Waals surface area contributed by atoms with Crippen LogP contribution in [-0.2, 0) is 10.0 Å². The van der Waals surface area contributed by atoms with Crippen LogP contribution in [0.3, 0.4) is 0 Å². The van der Waals surface area contributed by atoms with Gasteiger partial charge in [0.25, 0.3) is 0 Å². The third-order valence-corrected chi connectivity index (χ3v) is 5.48. The Kier molecular flexibility index (Phi) is 4.65. The van der Waals surface area contributed by atoms with Gasteiger partial charge >= 0.3 is 0 Å². The Morgan fingerprint density at radius 3 is 2.65 bits per heavy atom. The van der Waals surface area contributed by atoms with Crippen molar-refractivity contribution in [1.82, 2.24) is 9.71 Å². The number of hydrogen-bond acceptors (Lipinski definition) is 4. The average molecular weight is 297 g/mol. The summed E-state index contributed by atoms with van der Waals surface area (Å²) >= 11 is 0. The Balaban J connectivity index is 2.11. The van der Waals surface area contributed by atoms with Gasteiger partial charge in [-0.1, -0.05) is 26.2 Å². The summed E-state index contributed by atoms with van der Waals surface area (Å²) in [5.41, 5.74) is 0.0767. The Labute approximate surface area is 121 Å². The number of aromatic nitrogens is 1. The lowest BCUT2D eigenvalue weighted by Crippen LogP contribution is -2.37. The van der Waals surface area contributed by atoms with Crippen LogP contribution in [0.2, 0.25) is 0 Å². The van der Waals surface area contributed by atoms with Gasteiger partial charge in [0.2, 0.25) is 10.0 Å². The highest BCUT2D eigenvalue weighted by molar-refractivity contribution is 7.89. The van der Waals surface area contributed by atoms with Crippen LogP contribution in [0.5, 0.6) is 0 Å². The van der Waals surface area contributed by atoms with E-state index in [4.69, 9.17) is 0 Å². The van der Waals surface area contributed by atoms with Crippen LogP contribution in [0.15, 0.2) is 23.2 Å². The van der Waals surface area contributed by atoms with Crippen molar-refractivity contribution in [1.29, 1.82) is 0 Å². The molecule has 0 atom stereocenters. The second-order valence-electron chi connectivity index (χ2n) is 5.80. The SMILES string of the molecule is CNc1ncccc1S(=O)(=O)NCC1(C)CCCCC1. The van der Waals surface area contributed by atoms with E-state index in [1.807, 2.05) is 0 Å². The van der Waals surface area contributed by atoms with Gasteiger partial charge in [-0.2, -0.15) is 0 Å². The van der Waals surface area contributed by atoms with Crippen molar-refractivity contribution in [3.8, 4) is 0 Å².